The van der Waals surface area contributed by atoms with Crippen molar-refractivity contribution >= 4 is 41.0 Å². The number of carbonyl (C=O) groups is 1. The van der Waals surface area contributed by atoms with Crippen molar-refractivity contribution in [1.82, 2.24) is 5.43 Å². The number of allylic oxidation sites excluding steroid dienone is 1. The average molecular weight is 542 g/mol. The highest BCUT2D eigenvalue weighted by Crippen LogP contribution is 2.35. The van der Waals surface area contributed by atoms with E-state index in [-0.39, 0.29) is 18.7 Å². The van der Waals surface area contributed by atoms with Gasteiger partial charge in [0.05, 0.1) is 24.2 Å². The van der Waals surface area contributed by atoms with Crippen LogP contribution in [0.4, 0.5) is 5.69 Å². The van der Waals surface area contributed by atoms with E-state index in [0.717, 1.165) is 11.1 Å². The summed E-state index contributed by atoms with van der Waals surface area (Å²) in [5.74, 6) is 0.562. The summed E-state index contributed by atoms with van der Waals surface area (Å²) in [6, 6.07) is 14.9. The van der Waals surface area contributed by atoms with E-state index in [9.17, 15) is 14.9 Å². The number of ether oxygens (including phenoxy) is 2. The molecular weight excluding hydrogens is 517 g/mol. The molecule has 3 aromatic carbocycles. The van der Waals surface area contributed by atoms with Crippen LogP contribution < -0.4 is 14.9 Å². The Morgan fingerprint density at radius 1 is 1.11 bits per heavy atom. The van der Waals surface area contributed by atoms with Gasteiger partial charge in [-0.2, -0.15) is 5.10 Å². The molecule has 1 N–H and O–H groups in total. The average Bonchev–Trinajstić information content (AvgIpc) is 2.85. The van der Waals surface area contributed by atoms with Gasteiger partial charge in [0.2, 0.25) is 5.91 Å². The maximum absolute atomic E-state index is 12.3. The first-order chi connectivity index (χ1) is 17.8. The number of rotatable bonds is 12. The fraction of sp³-hybridized carbons (Fsp3) is 0.185. The van der Waals surface area contributed by atoms with Gasteiger partial charge in [0.15, 0.2) is 11.5 Å². The first kappa shape index (κ1) is 27.7. The third-order valence-corrected chi connectivity index (χ3v) is 5.73. The lowest BCUT2D eigenvalue weighted by Crippen LogP contribution is -2.20. The van der Waals surface area contributed by atoms with Crippen molar-refractivity contribution in [3.05, 3.63) is 110 Å². The number of hydrogen-bond acceptors (Lipinski definition) is 6. The van der Waals surface area contributed by atoms with Gasteiger partial charge in [0.25, 0.3) is 5.69 Å². The third-order valence-electron chi connectivity index (χ3n) is 5.15. The molecule has 192 valence electrons. The van der Waals surface area contributed by atoms with Crippen molar-refractivity contribution in [2.24, 2.45) is 5.10 Å². The van der Waals surface area contributed by atoms with Gasteiger partial charge in [0, 0.05) is 32.8 Å². The van der Waals surface area contributed by atoms with Crippen molar-refractivity contribution in [3.63, 3.8) is 0 Å². The molecule has 1 amide bonds. The molecule has 0 spiro atoms. The molecule has 0 heterocycles. The van der Waals surface area contributed by atoms with Gasteiger partial charge in [-0.05, 0) is 43.2 Å². The Balaban J connectivity index is 1.77. The Morgan fingerprint density at radius 2 is 1.89 bits per heavy atom. The number of nitrogens with one attached hydrogen (secondary N) is 1. The summed E-state index contributed by atoms with van der Waals surface area (Å²) < 4.78 is 11.9. The van der Waals surface area contributed by atoms with Crippen molar-refractivity contribution < 1.29 is 19.2 Å². The SMILES string of the molecule is C=CCc1cc(/C=N/NC(=O)Cc2ccccc2[N+](=O)[O-])cc(OCC)c1OCc1ccc(Cl)cc1Cl. The standard InChI is InChI=1S/C27H25Cl2N3O5/c1-3-7-20-12-18(16-30-31-26(33)14-19-8-5-6-9-24(19)32(34)35)13-25(36-4-2)27(20)37-17-21-10-11-22(28)15-23(21)29/h3,5-6,8-13,15-16H,1,4,7,14,17H2,2H3,(H,31,33)/b30-16+. The molecule has 3 rings (SSSR count). The topological polar surface area (TPSA) is 103 Å². The Morgan fingerprint density at radius 3 is 2.59 bits per heavy atom. The zero-order valence-electron chi connectivity index (χ0n) is 20.1. The van der Waals surface area contributed by atoms with Gasteiger partial charge in [-0.3, -0.25) is 14.9 Å². The largest absolute Gasteiger partial charge is 0.490 e. The predicted molar refractivity (Wildman–Crippen MR) is 145 cm³/mol. The van der Waals surface area contributed by atoms with Crippen LogP contribution in [0, 0.1) is 10.1 Å². The monoisotopic (exact) mass is 541 g/mol. The molecule has 0 bridgehead atoms. The van der Waals surface area contributed by atoms with Crippen LogP contribution in [0.15, 0.2) is 72.4 Å². The van der Waals surface area contributed by atoms with Crippen LogP contribution in [-0.4, -0.2) is 23.7 Å². The van der Waals surface area contributed by atoms with Crippen LogP contribution in [0.3, 0.4) is 0 Å². The lowest BCUT2D eigenvalue weighted by atomic mass is 10.1. The molecule has 3 aromatic rings. The van der Waals surface area contributed by atoms with E-state index in [4.69, 9.17) is 32.7 Å². The minimum absolute atomic E-state index is 0.118. The quantitative estimate of drug-likeness (QED) is 0.125. The minimum Gasteiger partial charge on any atom is -0.490 e. The number of nitro benzene ring substituents is 1. The molecule has 37 heavy (non-hydrogen) atoms. The number of para-hydroxylation sites is 1. The predicted octanol–water partition coefficient (Wildman–Crippen LogP) is 6.30. The summed E-state index contributed by atoms with van der Waals surface area (Å²) in [6.45, 7) is 6.28. The van der Waals surface area contributed by atoms with Crippen molar-refractivity contribution in [1.29, 1.82) is 0 Å². The highest BCUT2D eigenvalue weighted by molar-refractivity contribution is 6.35. The van der Waals surface area contributed by atoms with Crippen LogP contribution in [0.25, 0.3) is 0 Å². The van der Waals surface area contributed by atoms with Gasteiger partial charge in [-0.1, -0.05) is 53.5 Å². The number of nitrogens with zero attached hydrogens (tertiary/aromatic N) is 2. The molecule has 0 radical (unpaired) electrons. The van der Waals surface area contributed by atoms with Crippen molar-refractivity contribution in [3.8, 4) is 11.5 Å². The third kappa shape index (κ3) is 7.80. The fourth-order valence-corrected chi connectivity index (χ4v) is 3.97. The second-order valence-electron chi connectivity index (χ2n) is 7.81. The Kier molecular flexibility index (Phi) is 10.1. The second kappa shape index (κ2) is 13.4. The van der Waals surface area contributed by atoms with Gasteiger partial charge in [-0.15, -0.1) is 6.58 Å². The van der Waals surface area contributed by atoms with Crippen molar-refractivity contribution in [2.45, 2.75) is 26.4 Å². The zero-order chi connectivity index (χ0) is 26.8. The van der Waals surface area contributed by atoms with Gasteiger partial charge >= 0.3 is 0 Å². The minimum atomic E-state index is -0.521. The van der Waals surface area contributed by atoms with Gasteiger partial charge in [-0.25, -0.2) is 5.43 Å². The molecular formula is C27H25Cl2N3O5. The van der Waals surface area contributed by atoms with Crippen LogP contribution >= 0.6 is 23.2 Å². The summed E-state index contributed by atoms with van der Waals surface area (Å²) >= 11 is 12.3. The Hall–Kier alpha value is -3.88. The Labute approximate surface area is 224 Å². The van der Waals surface area contributed by atoms with Gasteiger partial charge in [0.1, 0.15) is 6.61 Å². The number of nitro groups is 1. The summed E-state index contributed by atoms with van der Waals surface area (Å²) in [7, 11) is 0. The number of benzene rings is 3. The smallest absolute Gasteiger partial charge is 0.273 e. The van der Waals surface area contributed by atoms with E-state index in [1.165, 1.54) is 18.3 Å². The van der Waals surface area contributed by atoms with Crippen LogP contribution in [0.1, 0.15) is 29.2 Å². The van der Waals surface area contributed by atoms with E-state index in [1.54, 1.807) is 42.5 Å². The summed E-state index contributed by atoms with van der Waals surface area (Å²) in [5, 5.41) is 16.2. The summed E-state index contributed by atoms with van der Waals surface area (Å²) in [6.07, 6.45) is 3.52. The first-order valence-corrected chi connectivity index (χ1v) is 12.1. The molecule has 0 saturated heterocycles. The first-order valence-electron chi connectivity index (χ1n) is 11.3. The molecule has 0 atom stereocenters. The number of halogens is 2. The number of hydrogen-bond donors (Lipinski definition) is 1. The van der Waals surface area contributed by atoms with E-state index >= 15 is 0 Å². The number of hydrazone groups is 1. The molecule has 0 aliphatic rings. The van der Waals surface area contributed by atoms with E-state index in [2.05, 4.69) is 17.1 Å². The maximum atomic E-state index is 12.3. The Bertz CT molecular complexity index is 1330. The van der Waals surface area contributed by atoms with Crippen LogP contribution in [0.5, 0.6) is 11.5 Å². The summed E-state index contributed by atoms with van der Waals surface area (Å²) in [5.41, 5.74) is 4.82. The molecule has 0 fully saturated rings. The molecule has 0 saturated carbocycles. The van der Waals surface area contributed by atoms with E-state index in [0.29, 0.717) is 45.7 Å². The molecule has 0 aliphatic heterocycles. The molecule has 0 aromatic heterocycles. The number of carbonyl (C=O) groups excluding carboxylic acids is 1. The van der Waals surface area contributed by atoms with Crippen LogP contribution in [0.2, 0.25) is 10.0 Å². The van der Waals surface area contributed by atoms with Crippen molar-refractivity contribution in [2.75, 3.05) is 6.61 Å². The maximum Gasteiger partial charge on any atom is 0.273 e. The normalized spacial score (nSPS) is 10.8. The fourth-order valence-electron chi connectivity index (χ4n) is 3.51. The second-order valence-corrected chi connectivity index (χ2v) is 8.66. The lowest BCUT2D eigenvalue weighted by Gasteiger charge is -2.17. The zero-order valence-corrected chi connectivity index (χ0v) is 21.6. The van der Waals surface area contributed by atoms with Gasteiger partial charge < -0.3 is 9.47 Å². The molecule has 0 aliphatic carbocycles. The van der Waals surface area contributed by atoms with E-state index < -0.39 is 10.8 Å². The number of amides is 1. The molecule has 8 nitrogen and oxygen atoms in total. The van der Waals surface area contributed by atoms with Crippen LogP contribution in [-0.2, 0) is 24.2 Å². The summed E-state index contributed by atoms with van der Waals surface area (Å²) in [4.78, 5) is 23.0. The highest BCUT2D eigenvalue weighted by atomic mass is 35.5. The van der Waals surface area contributed by atoms with E-state index in [1.807, 2.05) is 13.0 Å². The highest BCUT2D eigenvalue weighted by Gasteiger charge is 2.16. The molecule has 0 unspecified atom stereocenters. The lowest BCUT2D eigenvalue weighted by molar-refractivity contribution is -0.385. The molecule has 10 heteroatoms.